The van der Waals surface area contributed by atoms with Gasteiger partial charge in [-0.3, -0.25) is 4.79 Å². The minimum absolute atomic E-state index is 0.0873. The number of aldehydes is 1. The minimum Gasteiger partial charge on any atom is -0.341 e. The van der Waals surface area contributed by atoms with Crippen molar-refractivity contribution in [3.05, 3.63) is 35.9 Å². The molecule has 18 heavy (non-hydrogen) atoms. The van der Waals surface area contributed by atoms with E-state index in [1.807, 2.05) is 37.3 Å². The summed E-state index contributed by atoms with van der Waals surface area (Å²) in [4.78, 5) is 24.9. The lowest BCUT2D eigenvalue weighted by molar-refractivity contribution is -0.146. The summed E-state index contributed by atoms with van der Waals surface area (Å²) in [6.07, 6.45) is 1.77. The van der Waals surface area contributed by atoms with Gasteiger partial charge in [0.25, 0.3) is 0 Å². The monoisotopic (exact) mass is 245 g/mol. The zero-order chi connectivity index (χ0) is 13.1. The van der Waals surface area contributed by atoms with Gasteiger partial charge in [-0.15, -0.1) is 0 Å². The van der Waals surface area contributed by atoms with Crippen LogP contribution in [0.1, 0.15) is 18.9 Å². The molecule has 3 atom stereocenters. The molecule has 96 valence electrons. The van der Waals surface area contributed by atoms with Gasteiger partial charge in [-0.2, -0.15) is 0 Å². The maximum atomic E-state index is 12.2. The number of benzene rings is 1. The summed E-state index contributed by atoms with van der Waals surface area (Å²) >= 11 is 0. The third-order valence-corrected chi connectivity index (χ3v) is 3.86. The van der Waals surface area contributed by atoms with Gasteiger partial charge in [0, 0.05) is 25.4 Å². The summed E-state index contributed by atoms with van der Waals surface area (Å²) in [6, 6.07) is 9.90. The third-order valence-electron chi connectivity index (χ3n) is 3.86. The Bertz CT molecular complexity index is 429. The van der Waals surface area contributed by atoms with Crippen LogP contribution < -0.4 is 0 Å². The average Bonchev–Trinajstić information content (AvgIpc) is 2.36. The normalized spacial score (nSPS) is 26.2. The third kappa shape index (κ3) is 2.45. The summed E-state index contributed by atoms with van der Waals surface area (Å²) in [5.74, 6) is 0.248. The zero-order valence-corrected chi connectivity index (χ0v) is 10.9. The highest BCUT2D eigenvalue weighted by Gasteiger charge is 2.43. The number of amides is 1. The Morgan fingerprint density at radius 3 is 2.61 bits per heavy atom. The van der Waals surface area contributed by atoms with E-state index in [-0.39, 0.29) is 17.7 Å². The molecular weight excluding hydrogens is 226 g/mol. The van der Waals surface area contributed by atoms with E-state index in [4.69, 9.17) is 0 Å². The molecule has 3 heteroatoms. The molecule has 1 aliphatic rings. The van der Waals surface area contributed by atoms with Gasteiger partial charge in [0.2, 0.25) is 5.91 Å². The molecule has 0 aromatic heterocycles. The second-order valence-corrected chi connectivity index (χ2v) is 5.21. The molecule has 1 fully saturated rings. The van der Waals surface area contributed by atoms with Crippen molar-refractivity contribution >= 4 is 12.2 Å². The molecule has 2 rings (SSSR count). The molecule has 0 saturated heterocycles. The van der Waals surface area contributed by atoms with Crippen molar-refractivity contribution in [3.8, 4) is 0 Å². The lowest BCUT2D eigenvalue weighted by Crippen LogP contribution is -2.46. The fraction of sp³-hybridized carbons (Fsp3) is 0.467. The quantitative estimate of drug-likeness (QED) is 0.762. The molecule has 0 N–H and O–H groups in total. The highest BCUT2D eigenvalue weighted by molar-refractivity contribution is 5.83. The van der Waals surface area contributed by atoms with E-state index in [2.05, 4.69) is 0 Å². The first-order valence-electron chi connectivity index (χ1n) is 6.37. The number of rotatable bonds is 4. The second-order valence-electron chi connectivity index (χ2n) is 5.21. The van der Waals surface area contributed by atoms with E-state index in [0.717, 1.165) is 18.3 Å². The van der Waals surface area contributed by atoms with Crippen LogP contribution in [0.3, 0.4) is 0 Å². The Kier molecular flexibility index (Phi) is 3.80. The van der Waals surface area contributed by atoms with E-state index >= 15 is 0 Å². The summed E-state index contributed by atoms with van der Waals surface area (Å²) in [7, 11) is 1.81. The summed E-state index contributed by atoms with van der Waals surface area (Å²) in [5.41, 5.74) is 1.11. The molecule has 0 heterocycles. The lowest BCUT2D eigenvalue weighted by Gasteiger charge is -2.40. The number of carbonyl (C=O) groups is 2. The Balaban J connectivity index is 1.95. The van der Waals surface area contributed by atoms with E-state index in [9.17, 15) is 9.59 Å². The van der Waals surface area contributed by atoms with Crippen molar-refractivity contribution in [2.24, 2.45) is 17.8 Å². The second kappa shape index (κ2) is 5.34. The maximum Gasteiger partial charge on any atom is 0.226 e. The average molecular weight is 245 g/mol. The van der Waals surface area contributed by atoms with Gasteiger partial charge in [-0.1, -0.05) is 37.3 Å². The number of carbonyl (C=O) groups excluding carboxylic acids is 2. The van der Waals surface area contributed by atoms with Crippen molar-refractivity contribution in [1.29, 1.82) is 0 Å². The van der Waals surface area contributed by atoms with Crippen LogP contribution in [-0.2, 0) is 16.1 Å². The topological polar surface area (TPSA) is 37.4 Å². The van der Waals surface area contributed by atoms with E-state index < -0.39 is 0 Å². The first kappa shape index (κ1) is 12.8. The van der Waals surface area contributed by atoms with Crippen LogP contribution in [-0.4, -0.2) is 24.1 Å². The lowest BCUT2D eigenvalue weighted by atomic mass is 9.66. The molecule has 0 spiro atoms. The Morgan fingerprint density at radius 2 is 2.06 bits per heavy atom. The van der Waals surface area contributed by atoms with Gasteiger partial charge in [-0.05, 0) is 17.9 Å². The van der Waals surface area contributed by atoms with Crippen LogP contribution in [0.2, 0.25) is 0 Å². The molecule has 0 bridgehead atoms. The molecule has 1 aliphatic carbocycles. The minimum atomic E-state index is -0.105. The summed E-state index contributed by atoms with van der Waals surface area (Å²) in [6.45, 7) is 2.64. The van der Waals surface area contributed by atoms with E-state index in [1.165, 1.54) is 0 Å². The molecular formula is C15H19NO2. The standard InChI is InChI=1S/C15H19NO2/c1-11-8-13(14(11)10-17)15(18)16(2)9-12-6-4-3-5-7-12/h3-7,10-11,13-14H,8-9H2,1-2H3/t11-,13?,14?/m0/s1. The van der Waals surface area contributed by atoms with Gasteiger partial charge < -0.3 is 9.69 Å². The Morgan fingerprint density at radius 1 is 1.39 bits per heavy atom. The zero-order valence-electron chi connectivity index (χ0n) is 10.9. The van der Waals surface area contributed by atoms with Crippen LogP contribution in [0.15, 0.2) is 30.3 Å². The Labute approximate surface area is 108 Å². The highest BCUT2D eigenvalue weighted by atomic mass is 16.2. The molecule has 0 radical (unpaired) electrons. The number of hydrogen-bond donors (Lipinski definition) is 0. The number of hydrogen-bond acceptors (Lipinski definition) is 2. The van der Waals surface area contributed by atoms with Gasteiger partial charge in [-0.25, -0.2) is 0 Å². The molecule has 1 aromatic rings. The van der Waals surface area contributed by atoms with Crippen molar-refractivity contribution in [2.45, 2.75) is 19.9 Å². The number of nitrogens with zero attached hydrogens (tertiary/aromatic N) is 1. The molecule has 1 aromatic carbocycles. The van der Waals surface area contributed by atoms with Crippen molar-refractivity contribution in [3.63, 3.8) is 0 Å². The van der Waals surface area contributed by atoms with Crippen molar-refractivity contribution in [1.82, 2.24) is 4.90 Å². The molecule has 3 nitrogen and oxygen atoms in total. The molecule has 0 aliphatic heterocycles. The Hall–Kier alpha value is -1.64. The van der Waals surface area contributed by atoms with Crippen molar-refractivity contribution in [2.75, 3.05) is 7.05 Å². The SMILES string of the molecule is C[C@H]1CC(C(=O)N(C)Cc2ccccc2)C1C=O. The fourth-order valence-electron chi connectivity index (χ4n) is 2.63. The van der Waals surface area contributed by atoms with Gasteiger partial charge in [0.05, 0.1) is 0 Å². The predicted octanol–water partition coefficient (Wildman–Crippen LogP) is 2.12. The first-order chi connectivity index (χ1) is 8.63. The predicted molar refractivity (Wildman–Crippen MR) is 69.7 cm³/mol. The smallest absolute Gasteiger partial charge is 0.226 e. The van der Waals surface area contributed by atoms with Crippen LogP contribution >= 0.6 is 0 Å². The molecule has 1 saturated carbocycles. The molecule has 1 amide bonds. The van der Waals surface area contributed by atoms with Crippen LogP contribution in [0.25, 0.3) is 0 Å². The highest BCUT2D eigenvalue weighted by Crippen LogP contribution is 2.39. The van der Waals surface area contributed by atoms with E-state index in [1.54, 1.807) is 11.9 Å². The van der Waals surface area contributed by atoms with Gasteiger partial charge in [0.15, 0.2) is 0 Å². The van der Waals surface area contributed by atoms with E-state index in [0.29, 0.717) is 12.5 Å². The largest absolute Gasteiger partial charge is 0.341 e. The molecule has 2 unspecified atom stereocenters. The van der Waals surface area contributed by atoms with Gasteiger partial charge >= 0.3 is 0 Å². The summed E-state index contributed by atoms with van der Waals surface area (Å²) in [5, 5.41) is 0. The first-order valence-corrected chi connectivity index (χ1v) is 6.37. The van der Waals surface area contributed by atoms with Crippen LogP contribution in [0.4, 0.5) is 0 Å². The van der Waals surface area contributed by atoms with Crippen LogP contribution in [0.5, 0.6) is 0 Å². The maximum absolute atomic E-state index is 12.2. The van der Waals surface area contributed by atoms with Crippen LogP contribution in [0, 0.1) is 17.8 Å². The van der Waals surface area contributed by atoms with Gasteiger partial charge in [0.1, 0.15) is 6.29 Å². The fourth-order valence-corrected chi connectivity index (χ4v) is 2.63. The van der Waals surface area contributed by atoms with Crippen molar-refractivity contribution < 1.29 is 9.59 Å². The summed E-state index contributed by atoms with van der Waals surface area (Å²) < 4.78 is 0.